The maximum absolute atomic E-state index is 12.9. The van der Waals surface area contributed by atoms with Gasteiger partial charge in [0.15, 0.2) is 5.78 Å². The van der Waals surface area contributed by atoms with Crippen LogP contribution >= 0.6 is 0 Å². The number of pyridine rings is 1. The molecule has 1 atom stereocenters. The molecule has 1 aliphatic rings. The van der Waals surface area contributed by atoms with Crippen molar-refractivity contribution in [1.82, 2.24) is 4.98 Å². The third kappa shape index (κ3) is 2.78. The molecule has 0 bridgehead atoms. The van der Waals surface area contributed by atoms with E-state index >= 15 is 0 Å². The number of rotatable bonds is 2. The number of aromatic nitrogens is 1. The van der Waals surface area contributed by atoms with E-state index < -0.39 is 28.7 Å². The zero-order valence-corrected chi connectivity index (χ0v) is 10.5. The summed E-state index contributed by atoms with van der Waals surface area (Å²) in [6, 6.07) is 0.819. The van der Waals surface area contributed by atoms with Crippen LogP contribution in [0.3, 0.4) is 0 Å². The molecular formula is C13H14F3NO2. The minimum Gasteiger partial charge on any atom is -0.367 e. The first-order valence-corrected chi connectivity index (χ1v) is 6.04. The first-order chi connectivity index (χ1) is 8.84. The number of hydrogen-bond acceptors (Lipinski definition) is 3. The highest BCUT2D eigenvalue weighted by Gasteiger charge is 2.42. The number of carbonyl (C=O) groups excluding carboxylic acids is 1. The van der Waals surface area contributed by atoms with Crippen molar-refractivity contribution in [2.24, 2.45) is 0 Å². The number of ether oxygens (including phenoxy) is 1. The number of carbonyl (C=O) groups is 1. The molecule has 2 heterocycles. The summed E-state index contributed by atoms with van der Waals surface area (Å²) in [5, 5.41) is 0. The Kier molecular flexibility index (Phi) is 3.62. The molecule has 0 aromatic carbocycles. The van der Waals surface area contributed by atoms with E-state index in [1.54, 1.807) is 6.92 Å². The van der Waals surface area contributed by atoms with Gasteiger partial charge < -0.3 is 4.74 Å². The minimum absolute atomic E-state index is 0.393. The summed E-state index contributed by atoms with van der Waals surface area (Å²) in [5.74, 6) is -0.646. The molecule has 1 aromatic rings. The first-order valence-electron chi connectivity index (χ1n) is 6.04. The Morgan fingerprint density at radius 3 is 2.74 bits per heavy atom. The van der Waals surface area contributed by atoms with Crippen LogP contribution < -0.4 is 0 Å². The summed E-state index contributed by atoms with van der Waals surface area (Å²) >= 11 is 0. The molecule has 1 saturated heterocycles. The molecule has 1 fully saturated rings. The van der Waals surface area contributed by atoms with Gasteiger partial charge in [0, 0.05) is 19.0 Å². The Morgan fingerprint density at radius 1 is 1.42 bits per heavy atom. The van der Waals surface area contributed by atoms with Crippen molar-refractivity contribution in [3.05, 3.63) is 29.6 Å². The van der Waals surface area contributed by atoms with Gasteiger partial charge >= 0.3 is 6.18 Å². The summed E-state index contributed by atoms with van der Waals surface area (Å²) in [5.41, 5.74) is -2.55. The second kappa shape index (κ2) is 4.92. The average molecular weight is 273 g/mol. The molecule has 1 aromatic heterocycles. The van der Waals surface area contributed by atoms with Crippen molar-refractivity contribution in [2.45, 2.75) is 38.0 Å². The second-order valence-electron chi connectivity index (χ2n) is 4.78. The summed E-state index contributed by atoms with van der Waals surface area (Å²) in [6.07, 6.45) is -0.555. The number of hydrogen-bond donors (Lipinski definition) is 0. The van der Waals surface area contributed by atoms with Crippen molar-refractivity contribution in [2.75, 3.05) is 6.61 Å². The van der Waals surface area contributed by atoms with Crippen LogP contribution in [0.2, 0.25) is 0 Å². The molecule has 6 heteroatoms. The number of alkyl halides is 3. The fourth-order valence-electron chi connectivity index (χ4n) is 2.22. The van der Waals surface area contributed by atoms with Gasteiger partial charge in [-0.2, -0.15) is 13.2 Å². The van der Waals surface area contributed by atoms with Crippen molar-refractivity contribution in [1.29, 1.82) is 0 Å². The second-order valence-corrected chi connectivity index (χ2v) is 4.78. The van der Waals surface area contributed by atoms with E-state index in [2.05, 4.69) is 4.98 Å². The molecule has 19 heavy (non-hydrogen) atoms. The van der Waals surface area contributed by atoms with Crippen LogP contribution in [0.15, 0.2) is 18.5 Å². The molecule has 104 valence electrons. The van der Waals surface area contributed by atoms with Crippen LogP contribution in [-0.4, -0.2) is 23.0 Å². The van der Waals surface area contributed by atoms with E-state index in [1.165, 1.54) is 0 Å². The molecule has 0 saturated carbocycles. The smallest absolute Gasteiger partial charge is 0.367 e. The Morgan fingerprint density at radius 2 is 2.16 bits per heavy atom. The highest BCUT2D eigenvalue weighted by molar-refractivity contribution is 6.03. The lowest BCUT2D eigenvalue weighted by Crippen LogP contribution is -2.42. The Hall–Kier alpha value is -1.43. The molecule has 0 aliphatic carbocycles. The molecule has 0 N–H and O–H groups in total. The topological polar surface area (TPSA) is 39.2 Å². The lowest BCUT2D eigenvalue weighted by atomic mass is 9.86. The molecular weight excluding hydrogens is 259 g/mol. The van der Waals surface area contributed by atoms with Gasteiger partial charge in [-0.15, -0.1) is 0 Å². The average Bonchev–Trinajstić information content (AvgIpc) is 2.38. The molecule has 0 radical (unpaired) electrons. The van der Waals surface area contributed by atoms with Crippen molar-refractivity contribution < 1.29 is 22.7 Å². The Labute approximate surface area is 108 Å². The van der Waals surface area contributed by atoms with Gasteiger partial charge in [0.1, 0.15) is 5.60 Å². The lowest BCUT2D eigenvalue weighted by molar-refractivity contribution is -0.138. The third-order valence-corrected chi connectivity index (χ3v) is 3.32. The maximum Gasteiger partial charge on any atom is 0.417 e. The van der Waals surface area contributed by atoms with E-state index in [-0.39, 0.29) is 0 Å². The zero-order valence-electron chi connectivity index (χ0n) is 10.5. The SMILES string of the molecule is CC1(C(=O)c2cnccc2C(F)(F)F)CCCCO1. The number of ketones is 1. The van der Waals surface area contributed by atoms with Gasteiger partial charge in [-0.3, -0.25) is 9.78 Å². The van der Waals surface area contributed by atoms with Crippen LogP contribution in [0.5, 0.6) is 0 Å². The lowest BCUT2D eigenvalue weighted by Gasteiger charge is -2.32. The van der Waals surface area contributed by atoms with Crippen LogP contribution in [0.4, 0.5) is 13.2 Å². The van der Waals surface area contributed by atoms with E-state index in [9.17, 15) is 18.0 Å². The van der Waals surface area contributed by atoms with Crippen LogP contribution in [0.25, 0.3) is 0 Å². The van der Waals surface area contributed by atoms with E-state index in [0.717, 1.165) is 31.3 Å². The fraction of sp³-hybridized carbons (Fsp3) is 0.538. The molecule has 1 aliphatic heterocycles. The van der Waals surface area contributed by atoms with Crippen molar-refractivity contribution in [3.8, 4) is 0 Å². The molecule has 3 nitrogen and oxygen atoms in total. The van der Waals surface area contributed by atoms with E-state index in [1.807, 2.05) is 0 Å². The normalized spacial score (nSPS) is 24.2. The third-order valence-electron chi connectivity index (χ3n) is 3.32. The molecule has 1 unspecified atom stereocenters. The number of nitrogens with zero attached hydrogens (tertiary/aromatic N) is 1. The van der Waals surface area contributed by atoms with Gasteiger partial charge in [-0.05, 0) is 32.3 Å². The first kappa shape index (κ1) is 14.0. The summed E-state index contributed by atoms with van der Waals surface area (Å²) in [6.45, 7) is 1.94. The number of Topliss-reactive ketones (excluding diaryl/α,β-unsaturated/α-hetero) is 1. The zero-order chi connectivity index (χ0) is 14.1. The predicted molar refractivity (Wildman–Crippen MR) is 61.8 cm³/mol. The molecule has 0 amide bonds. The highest BCUT2D eigenvalue weighted by Crippen LogP contribution is 2.35. The maximum atomic E-state index is 12.9. The fourth-order valence-corrected chi connectivity index (χ4v) is 2.22. The predicted octanol–water partition coefficient (Wildman–Crippen LogP) is 3.24. The van der Waals surface area contributed by atoms with Crippen molar-refractivity contribution >= 4 is 5.78 Å². The van der Waals surface area contributed by atoms with Crippen LogP contribution in [0, 0.1) is 0 Å². The summed E-state index contributed by atoms with van der Waals surface area (Å²) in [4.78, 5) is 16.0. The van der Waals surface area contributed by atoms with Gasteiger partial charge in [-0.1, -0.05) is 0 Å². The van der Waals surface area contributed by atoms with Crippen LogP contribution in [-0.2, 0) is 10.9 Å². The quantitative estimate of drug-likeness (QED) is 0.776. The largest absolute Gasteiger partial charge is 0.417 e. The summed E-state index contributed by atoms with van der Waals surface area (Å²) in [7, 11) is 0. The van der Waals surface area contributed by atoms with Gasteiger partial charge in [0.25, 0.3) is 0 Å². The van der Waals surface area contributed by atoms with Gasteiger partial charge in [0.05, 0.1) is 11.1 Å². The minimum atomic E-state index is -4.57. The molecule has 2 rings (SSSR count). The van der Waals surface area contributed by atoms with Gasteiger partial charge in [0.2, 0.25) is 0 Å². The standard InChI is InChI=1S/C13H14F3NO2/c1-12(5-2-3-7-19-12)11(18)9-8-17-6-4-10(9)13(14,15)16/h4,6,8H,2-3,5,7H2,1H3. The summed E-state index contributed by atoms with van der Waals surface area (Å²) < 4.78 is 44.0. The van der Waals surface area contributed by atoms with E-state index in [0.29, 0.717) is 13.0 Å². The van der Waals surface area contributed by atoms with Crippen LogP contribution in [0.1, 0.15) is 42.1 Å². The monoisotopic (exact) mass is 273 g/mol. The highest BCUT2D eigenvalue weighted by atomic mass is 19.4. The Balaban J connectivity index is 2.39. The molecule has 0 spiro atoms. The number of halogens is 3. The van der Waals surface area contributed by atoms with E-state index in [4.69, 9.17) is 4.74 Å². The van der Waals surface area contributed by atoms with Crippen molar-refractivity contribution in [3.63, 3.8) is 0 Å². The van der Waals surface area contributed by atoms with Gasteiger partial charge in [-0.25, -0.2) is 0 Å². The Bertz CT molecular complexity index is 479.